The summed E-state index contributed by atoms with van der Waals surface area (Å²) in [6.45, 7) is 3.73. The summed E-state index contributed by atoms with van der Waals surface area (Å²) in [5.41, 5.74) is -0.00616. The van der Waals surface area contributed by atoms with E-state index >= 15 is 0 Å². The molecule has 0 radical (unpaired) electrons. The first-order valence-electron chi connectivity index (χ1n) is 6.65. The van der Waals surface area contributed by atoms with Gasteiger partial charge in [0.1, 0.15) is 5.56 Å². The summed E-state index contributed by atoms with van der Waals surface area (Å²) in [6, 6.07) is 7.18. The number of nitro groups is 2. The predicted molar refractivity (Wildman–Crippen MR) is 86.7 cm³/mol. The Morgan fingerprint density at radius 2 is 1.50 bits per heavy atom. The molecule has 2 aromatic carbocycles. The maximum Gasteiger partial charge on any atom is 0.342 e. The highest BCUT2D eigenvalue weighted by molar-refractivity contribution is 7.99. The van der Waals surface area contributed by atoms with Gasteiger partial charge in [-0.05, 0) is 43.2 Å². The van der Waals surface area contributed by atoms with E-state index in [1.54, 1.807) is 12.1 Å². The van der Waals surface area contributed by atoms with Crippen molar-refractivity contribution in [2.24, 2.45) is 0 Å². The van der Waals surface area contributed by atoms with Crippen LogP contribution >= 0.6 is 11.8 Å². The molecule has 9 heteroatoms. The summed E-state index contributed by atoms with van der Waals surface area (Å²) in [7, 11) is 0. The van der Waals surface area contributed by atoms with E-state index in [1.165, 1.54) is 0 Å². The molecule has 1 N–H and O–H groups in total. The summed E-state index contributed by atoms with van der Waals surface area (Å²) in [5.74, 6) is -1.51. The second-order valence-corrected chi connectivity index (χ2v) is 6.20. The summed E-state index contributed by atoms with van der Waals surface area (Å²) in [4.78, 5) is 32.4. The first kappa shape index (κ1) is 17.4. The molecule has 2 aromatic rings. The van der Waals surface area contributed by atoms with Gasteiger partial charge in [0, 0.05) is 4.90 Å². The number of nitro benzene ring substituents is 2. The molecule has 0 spiro atoms. The van der Waals surface area contributed by atoms with Crippen LogP contribution in [0.15, 0.2) is 40.1 Å². The van der Waals surface area contributed by atoms with Gasteiger partial charge in [-0.2, -0.15) is 0 Å². The summed E-state index contributed by atoms with van der Waals surface area (Å²) >= 11 is 0.995. The van der Waals surface area contributed by atoms with Crippen LogP contribution in [0.3, 0.4) is 0 Å². The third-order valence-corrected chi connectivity index (χ3v) is 4.14. The molecule has 0 aliphatic heterocycles. The van der Waals surface area contributed by atoms with Gasteiger partial charge in [0.15, 0.2) is 0 Å². The van der Waals surface area contributed by atoms with Crippen LogP contribution in [0.4, 0.5) is 11.4 Å². The average molecular weight is 348 g/mol. The molecule has 0 saturated carbocycles. The van der Waals surface area contributed by atoms with Gasteiger partial charge < -0.3 is 5.11 Å². The van der Waals surface area contributed by atoms with Crippen molar-refractivity contribution >= 4 is 29.1 Å². The molecular weight excluding hydrogens is 336 g/mol. The van der Waals surface area contributed by atoms with Crippen molar-refractivity contribution in [1.29, 1.82) is 0 Å². The Morgan fingerprint density at radius 1 is 0.958 bits per heavy atom. The van der Waals surface area contributed by atoms with Crippen molar-refractivity contribution < 1.29 is 19.7 Å². The van der Waals surface area contributed by atoms with Crippen LogP contribution in [0.5, 0.6) is 0 Å². The number of nitrogens with zero attached hydrogens (tertiary/aromatic N) is 2. The highest BCUT2D eigenvalue weighted by atomic mass is 32.2. The van der Waals surface area contributed by atoms with Crippen LogP contribution in [0, 0.1) is 34.1 Å². The second-order valence-electron chi connectivity index (χ2n) is 5.08. The van der Waals surface area contributed by atoms with E-state index in [4.69, 9.17) is 5.11 Å². The van der Waals surface area contributed by atoms with Gasteiger partial charge in [-0.15, -0.1) is 0 Å². The fraction of sp³-hybridized carbons (Fsp3) is 0.133. The number of carbonyl (C=O) groups is 1. The molecule has 0 bridgehead atoms. The van der Waals surface area contributed by atoms with Crippen LogP contribution in [0.1, 0.15) is 21.5 Å². The molecule has 0 aliphatic carbocycles. The van der Waals surface area contributed by atoms with E-state index in [2.05, 4.69) is 0 Å². The minimum atomic E-state index is -1.51. The van der Waals surface area contributed by atoms with Gasteiger partial charge in [-0.25, -0.2) is 4.79 Å². The number of aryl methyl sites for hydroxylation is 2. The Kier molecular flexibility index (Phi) is 4.84. The highest BCUT2D eigenvalue weighted by Crippen LogP contribution is 2.39. The average Bonchev–Trinajstić information content (AvgIpc) is 2.44. The van der Waals surface area contributed by atoms with Crippen LogP contribution < -0.4 is 0 Å². The number of carboxylic acid groups (broad SMARTS) is 1. The Hall–Kier alpha value is -2.94. The molecular formula is C15H12N2O6S. The maximum atomic E-state index is 11.2. The fourth-order valence-corrected chi connectivity index (χ4v) is 3.38. The van der Waals surface area contributed by atoms with Gasteiger partial charge in [0.25, 0.3) is 11.4 Å². The van der Waals surface area contributed by atoms with Crippen molar-refractivity contribution in [3.8, 4) is 0 Å². The van der Waals surface area contributed by atoms with Gasteiger partial charge >= 0.3 is 5.97 Å². The Balaban J connectivity index is 2.63. The minimum absolute atomic E-state index is 0.0352. The van der Waals surface area contributed by atoms with E-state index in [-0.39, 0.29) is 4.90 Å². The fourth-order valence-electron chi connectivity index (χ4n) is 2.22. The summed E-state index contributed by atoms with van der Waals surface area (Å²) < 4.78 is 0. The number of hydrogen-bond acceptors (Lipinski definition) is 6. The van der Waals surface area contributed by atoms with Gasteiger partial charge in [0.05, 0.1) is 20.8 Å². The lowest BCUT2D eigenvalue weighted by molar-refractivity contribution is -0.396. The SMILES string of the molecule is Cc1cc(C)cc(Sc2cc(C(=O)O)c([N+](=O)[O-])cc2[N+](=O)[O-])c1. The molecule has 0 unspecified atom stereocenters. The lowest BCUT2D eigenvalue weighted by Gasteiger charge is -2.07. The van der Waals surface area contributed by atoms with Gasteiger partial charge in [-0.1, -0.05) is 17.8 Å². The highest BCUT2D eigenvalue weighted by Gasteiger charge is 2.28. The summed E-state index contributed by atoms with van der Waals surface area (Å²) in [6.07, 6.45) is 0. The molecule has 2 rings (SSSR count). The van der Waals surface area contributed by atoms with Crippen LogP contribution in [-0.2, 0) is 0 Å². The van der Waals surface area contributed by atoms with Gasteiger partial charge in [0.2, 0.25) is 0 Å². The second kappa shape index (κ2) is 6.67. The van der Waals surface area contributed by atoms with E-state index < -0.39 is 32.8 Å². The third kappa shape index (κ3) is 3.69. The zero-order valence-electron chi connectivity index (χ0n) is 12.7. The largest absolute Gasteiger partial charge is 0.477 e. The van der Waals surface area contributed by atoms with Crippen molar-refractivity contribution in [2.75, 3.05) is 0 Å². The number of rotatable bonds is 5. The number of aromatic carboxylic acids is 1. The quantitative estimate of drug-likeness (QED) is 0.640. The van der Waals surface area contributed by atoms with Gasteiger partial charge in [-0.3, -0.25) is 20.2 Å². The lowest BCUT2D eigenvalue weighted by Crippen LogP contribution is -2.05. The Morgan fingerprint density at radius 3 is 1.96 bits per heavy atom. The monoisotopic (exact) mass is 348 g/mol. The van der Waals surface area contributed by atoms with E-state index in [1.807, 2.05) is 19.9 Å². The molecule has 0 atom stereocenters. The zero-order chi connectivity index (χ0) is 18.0. The lowest BCUT2D eigenvalue weighted by atomic mass is 10.1. The van der Waals surface area contributed by atoms with Crippen molar-refractivity contribution in [3.05, 3.63) is 67.3 Å². The molecule has 0 amide bonds. The van der Waals surface area contributed by atoms with E-state index in [0.717, 1.165) is 29.0 Å². The molecule has 0 aliphatic rings. The first-order valence-corrected chi connectivity index (χ1v) is 7.47. The van der Waals surface area contributed by atoms with Crippen molar-refractivity contribution in [2.45, 2.75) is 23.6 Å². The van der Waals surface area contributed by atoms with Crippen molar-refractivity contribution in [1.82, 2.24) is 0 Å². The summed E-state index contributed by atoms with van der Waals surface area (Å²) in [5, 5.41) is 31.3. The molecule has 0 aromatic heterocycles. The van der Waals surface area contributed by atoms with E-state index in [0.29, 0.717) is 11.0 Å². The number of benzene rings is 2. The standard InChI is InChI=1S/C15H12N2O6S/c1-8-3-9(2)5-10(4-8)24-14-6-11(15(18)19)12(16(20)21)7-13(14)17(22)23/h3-7H,1-2H3,(H,18,19). The zero-order valence-corrected chi connectivity index (χ0v) is 13.5. The Labute approximate surface area is 140 Å². The minimum Gasteiger partial charge on any atom is -0.477 e. The molecule has 8 nitrogen and oxygen atoms in total. The topological polar surface area (TPSA) is 124 Å². The van der Waals surface area contributed by atoms with Crippen LogP contribution in [0.25, 0.3) is 0 Å². The molecule has 24 heavy (non-hydrogen) atoms. The molecule has 0 heterocycles. The third-order valence-electron chi connectivity index (χ3n) is 3.12. The first-order chi connectivity index (χ1) is 11.2. The van der Waals surface area contributed by atoms with Crippen LogP contribution in [0.2, 0.25) is 0 Å². The number of carboxylic acids is 1. The van der Waals surface area contributed by atoms with Crippen LogP contribution in [-0.4, -0.2) is 20.9 Å². The normalized spacial score (nSPS) is 10.4. The molecule has 0 fully saturated rings. The van der Waals surface area contributed by atoms with Crippen molar-refractivity contribution in [3.63, 3.8) is 0 Å². The van der Waals surface area contributed by atoms with E-state index in [9.17, 15) is 25.0 Å². The number of hydrogen-bond donors (Lipinski definition) is 1. The predicted octanol–water partition coefficient (Wildman–Crippen LogP) is 3.97. The molecule has 0 saturated heterocycles. The maximum absolute atomic E-state index is 11.2. The molecule has 124 valence electrons. The smallest absolute Gasteiger partial charge is 0.342 e. The Bertz CT molecular complexity index is 845.